The number of thiophene rings is 1. The molecular weight excluding hydrogens is 450 g/mol. The summed E-state index contributed by atoms with van der Waals surface area (Å²) in [7, 11) is 0. The molecule has 2 aromatic carbocycles. The molecule has 0 aliphatic carbocycles. The largest absolute Gasteiger partial charge is 0.427 e. The maximum absolute atomic E-state index is 12.2. The Kier molecular flexibility index (Phi) is 6.94. The molecular formula is C23H18ClN3O4S. The van der Waals surface area contributed by atoms with Gasteiger partial charge in [0.1, 0.15) is 5.75 Å². The third-order valence-corrected chi connectivity index (χ3v) is 5.55. The Morgan fingerprint density at radius 3 is 2.56 bits per heavy atom. The number of amides is 1. The molecule has 0 aliphatic rings. The molecule has 7 nitrogen and oxygen atoms in total. The Labute approximate surface area is 193 Å². The zero-order valence-electron chi connectivity index (χ0n) is 16.8. The van der Waals surface area contributed by atoms with Crippen LogP contribution < -0.4 is 10.1 Å². The Balaban J connectivity index is 1.22. The summed E-state index contributed by atoms with van der Waals surface area (Å²) in [5.74, 6) is 0.829. The quantitative estimate of drug-likeness (QED) is 0.266. The number of carbonyl (C=O) groups excluding carboxylic acids is 2. The second-order valence-corrected chi connectivity index (χ2v) is 8.19. The minimum Gasteiger partial charge on any atom is -0.427 e. The van der Waals surface area contributed by atoms with Crippen molar-refractivity contribution in [2.24, 2.45) is 0 Å². The number of ether oxygens (including phenoxy) is 1. The van der Waals surface area contributed by atoms with Gasteiger partial charge in [-0.2, -0.15) is 4.98 Å². The van der Waals surface area contributed by atoms with Crippen LogP contribution in [0.4, 0.5) is 5.69 Å². The molecule has 1 amide bonds. The molecule has 0 radical (unpaired) electrons. The molecule has 162 valence electrons. The molecule has 32 heavy (non-hydrogen) atoms. The van der Waals surface area contributed by atoms with Gasteiger partial charge in [0.2, 0.25) is 11.7 Å². The van der Waals surface area contributed by atoms with Crippen LogP contribution in [0.15, 0.2) is 70.6 Å². The number of hydrogen-bond donors (Lipinski definition) is 1. The average Bonchev–Trinajstić information content (AvgIpc) is 3.48. The van der Waals surface area contributed by atoms with Crippen LogP contribution in [-0.2, 0) is 11.2 Å². The molecule has 4 rings (SSSR count). The Morgan fingerprint density at radius 2 is 1.84 bits per heavy atom. The standard InChI is InChI=1S/C23H18ClN3O4S/c24-16-8-6-15(7-9-16)23(29)25-17-10-12-18(13-11-17)30-21(28)5-1-4-20-26-22(27-31-20)19-3-2-14-32-19/h2-3,6-14H,1,4-5H2,(H,25,29). The lowest BCUT2D eigenvalue weighted by atomic mass is 10.2. The fourth-order valence-electron chi connectivity index (χ4n) is 2.84. The smallest absolute Gasteiger partial charge is 0.311 e. The highest BCUT2D eigenvalue weighted by atomic mass is 35.5. The van der Waals surface area contributed by atoms with Crippen molar-refractivity contribution in [3.05, 3.63) is 82.5 Å². The third-order valence-electron chi connectivity index (χ3n) is 4.43. The number of rotatable bonds is 8. The molecule has 1 N–H and O–H groups in total. The molecule has 0 aliphatic heterocycles. The second kappa shape index (κ2) is 10.2. The minimum atomic E-state index is -0.360. The van der Waals surface area contributed by atoms with Gasteiger partial charge in [-0.25, -0.2) is 0 Å². The first kappa shape index (κ1) is 21.7. The number of esters is 1. The molecule has 0 fully saturated rings. The van der Waals surface area contributed by atoms with Gasteiger partial charge in [-0.3, -0.25) is 9.59 Å². The summed E-state index contributed by atoms with van der Waals surface area (Å²) in [6.07, 6.45) is 1.23. The van der Waals surface area contributed by atoms with Crippen molar-refractivity contribution in [2.45, 2.75) is 19.3 Å². The molecule has 0 spiro atoms. The Hall–Kier alpha value is -3.49. The van der Waals surface area contributed by atoms with Crippen LogP contribution in [-0.4, -0.2) is 22.0 Å². The second-order valence-electron chi connectivity index (χ2n) is 6.80. The van der Waals surface area contributed by atoms with E-state index in [1.807, 2.05) is 17.5 Å². The highest BCUT2D eigenvalue weighted by molar-refractivity contribution is 7.13. The lowest BCUT2D eigenvalue weighted by molar-refractivity contribution is -0.134. The normalized spacial score (nSPS) is 10.7. The SMILES string of the molecule is O=C(CCCc1nc(-c2cccs2)no1)Oc1ccc(NC(=O)c2ccc(Cl)cc2)cc1. The first-order chi connectivity index (χ1) is 15.6. The molecule has 0 saturated heterocycles. The fourth-order valence-corrected chi connectivity index (χ4v) is 3.61. The predicted octanol–water partition coefficient (Wildman–Crippen LogP) is 5.63. The van der Waals surface area contributed by atoms with E-state index in [1.165, 1.54) is 11.3 Å². The third kappa shape index (κ3) is 5.81. The zero-order valence-corrected chi connectivity index (χ0v) is 18.4. The van der Waals surface area contributed by atoms with Crippen LogP contribution >= 0.6 is 22.9 Å². The van der Waals surface area contributed by atoms with E-state index >= 15 is 0 Å². The molecule has 0 atom stereocenters. The van der Waals surface area contributed by atoms with E-state index in [-0.39, 0.29) is 18.3 Å². The van der Waals surface area contributed by atoms with E-state index < -0.39 is 0 Å². The fraction of sp³-hybridized carbons (Fsp3) is 0.130. The van der Waals surface area contributed by atoms with Crippen LogP contribution in [0.1, 0.15) is 29.1 Å². The van der Waals surface area contributed by atoms with E-state index in [1.54, 1.807) is 48.5 Å². The van der Waals surface area contributed by atoms with Gasteiger partial charge >= 0.3 is 5.97 Å². The summed E-state index contributed by atoms with van der Waals surface area (Å²) < 4.78 is 10.6. The molecule has 0 saturated carbocycles. The van der Waals surface area contributed by atoms with E-state index in [9.17, 15) is 9.59 Å². The molecule has 0 unspecified atom stereocenters. The van der Waals surface area contributed by atoms with Crippen LogP contribution in [0.3, 0.4) is 0 Å². The van der Waals surface area contributed by atoms with E-state index in [0.717, 1.165) is 4.88 Å². The molecule has 9 heteroatoms. The van der Waals surface area contributed by atoms with Crippen molar-refractivity contribution < 1.29 is 18.8 Å². The number of aryl methyl sites for hydroxylation is 1. The number of halogens is 1. The topological polar surface area (TPSA) is 94.3 Å². The van der Waals surface area contributed by atoms with Crippen LogP contribution in [0.5, 0.6) is 5.75 Å². The maximum Gasteiger partial charge on any atom is 0.311 e. The number of nitrogens with one attached hydrogen (secondary N) is 1. The van der Waals surface area contributed by atoms with Gasteiger partial charge in [0.05, 0.1) is 4.88 Å². The molecule has 2 aromatic heterocycles. The van der Waals surface area contributed by atoms with Crippen LogP contribution in [0, 0.1) is 0 Å². The first-order valence-corrected chi connectivity index (χ1v) is 11.1. The average molecular weight is 468 g/mol. The summed E-state index contributed by atoms with van der Waals surface area (Å²) in [6, 6.07) is 17.0. The summed E-state index contributed by atoms with van der Waals surface area (Å²) in [6.45, 7) is 0. The van der Waals surface area contributed by atoms with Gasteiger partial charge in [-0.15, -0.1) is 11.3 Å². The van der Waals surface area contributed by atoms with Gasteiger partial charge in [-0.05, 0) is 66.4 Å². The van der Waals surface area contributed by atoms with Crippen molar-refractivity contribution in [3.8, 4) is 16.5 Å². The van der Waals surface area contributed by atoms with Crippen molar-refractivity contribution >= 4 is 40.5 Å². The van der Waals surface area contributed by atoms with E-state index in [0.29, 0.717) is 46.6 Å². The number of nitrogens with zero attached hydrogens (tertiary/aromatic N) is 2. The molecule has 4 aromatic rings. The van der Waals surface area contributed by atoms with E-state index in [4.69, 9.17) is 20.9 Å². The Bertz CT molecular complexity index is 1190. The summed E-state index contributed by atoms with van der Waals surface area (Å²) in [5.41, 5.74) is 1.08. The monoisotopic (exact) mass is 467 g/mol. The lowest BCUT2D eigenvalue weighted by Gasteiger charge is -2.07. The van der Waals surface area contributed by atoms with Gasteiger partial charge in [0, 0.05) is 29.1 Å². The van der Waals surface area contributed by atoms with Crippen LogP contribution in [0.2, 0.25) is 5.02 Å². The van der Waals surface area contributed by atoms with Gasteiger partial charge < -0.3 is 14.6 Å². The number of aromatic nitrogens is 2. The summed E-state index contributed by atoms with van der Waals surface area (Å²) >= 11 is 7.37. The van der Waals surface area contributed by atoms with Crippen molar-refractivity contribution in [1.29, 1.82) is 0 Å². The van der Waals surface area contributed by atoms with Crippen LogP contribution in [0.25, 0.3) is 10.7 Å². The number of anilines is 1. The van der Waals surface area contributed by atoms with Crippen molar-refractivity contribution in [1.82, 2.24) is 10.1 Å². The summed E-state index contributed by atoms with van der Waals surface area (Å²) in [5, 5.41) is 9.23. The van der Waals surface area contributed by atoms with E-state index in [2.05, 4.69) is 15.5 Å². The lowest BCUT2D eigenvalue weighted by Crippen LogP contribution is -2.12. The van der Waals surface area contributed by atoms with Crippen molar-refractivity contribution in [2.75, 3.05) is 5.32 Å². The van der Waals surface area contributed by atoms with Gasteiger partial charge in [-0.1, -0.05) is 22.8 Å². The number of hydrogen-bond acceptors (Lipinski definition) is 7. The number of benzene rings is 2. The number of carbonyl (C=O) groups is 2. The molecule has 2 heterocycles. The van der Waals surface area contributed by atoms with Gasteiger partial charge in [0.25, 0.3) is 5.91 Å². The highest BCUT2D eigenvalue weighted by Crippen LogP contribution is 2.22. The predicted molar refractivity (Wildman–Crippen MR) is 122 cm³/mol. The highest BCUT2D eigenvalue weighted by Gasteiger charge is 2.11. The van der Waals surface area contributed by atoms with Gasteiger partial charge in [0.15, 0.2) is 0 Å². The maximum atomic E-state index is 12.2. The Morgan fingerprint density at radius 1 is 1.06 bits per heavy atom. The minimum absolute atomic E-state index is 0.214. The van der Waals surface area contributed by atoms with Crippen molar-refractivity contribution in [3.63, 3.8) is 0 Å². The zero-order chi connectivity index (χ0) is 22.3. The summed E-state index contributed by atoms with van der Waals surface area (Å²) in [4.78, 5) is 29.6. The first-order valence-electron chi connectivity index (χ1n) is 9.81. The molecule has 0 bridgehead atoms.